The number of halogens is 2. The lowest BCUT2D eigenvalue weighted by Crippen LogP contribution is -2.34. The van der Waals surface area contributed by atoms with Gasteiger partial charge in [-0.1, -0.05) is 51.1 Å². The van der Waals surface area contributed by atoms with Gasteiger partial charge >= 0.3 is 0 Å². The van der Waals surface area contributed by atoms with E-state index in [-0.39, 0.29) is 17.2 Å². The van der Waals surface area contributed by atoms with Crippen molar-refractivity contribution < 1.29 is 13.9 Å². The molecule has 0 aliphatic carbocycles. The van der Waals surface area contributed by atoms with Crippen LogP contribution in [0.25, 0.3) is 11.1 Å². The topological polar surface area (TPSA) is 29.5 Å². The molecule has 0 radical (unpaired) electrons. The van der Waals surface area contributed by atoms with Gasteiger partial charge in [0, 0.05) is 18.9 Å². The molecule has 0 bridgehead atoms. The number of hydrogen-bond acceptors (Lipinski definition) is 3. The smallest absolute Gasteiger partial charge is 0.141 e. The molecule has 1 unspecified atom stereocenters. The van der Waals surface area contributed by atoms with Crippen molar-refractivity contribution in [3.8, 4) is 5.75 Å². The summed E-state index contributed by atoms with van der Waals surface area (Å²) in [6, 6.07) is 10.6. The van der Waals surface area contributed by atoms with Gasteiger partial charge in [-0.25, -0.2) is 4.39 Å². The van der Waals surface area contributed by atoms with Crippen molar-refractivity contribution in [1.29, 1.82) is 0 Å². The van der Waals surface area contributed by atoms with E-state index in [0.717, 1.165) is 47.0 Å². The summed E-state index contributed by atoms with van der Waals surface area (Å²) < 4.78 is 19.9. The Hall–Kier alpha value is -2.43. The maximum absolute atomic E-state index is 13.7. The van der Waals surface area contributed by atoms with Gasteiger partial charge in [0.2, 0.25) is 0 Å². The molecule has 1 saturated heterocycles. The van der Waals surface area contributed by atoms with Crippen LogP contribution in [0.15, 0.2) is 48.6 Å². The van der Waals surface area contributed by atoms with Crippen LogP contribution in [0.5, 0.6) is 5.75 Å². The van der Waals surface area contributed by atoms with Crippen LogP contribution in [0.2, 0.25) is 5.02 Å². The fourth-order valence-electron chi connectivity index (χ4n) is 4.45. The number of ketones is 1. The molecule has 2 aromatic carbocycles. The number of carbonyl (C=O) groups is 1. The number of carbonyl (C=O) groups excluding carboxylic acids is 1. The molecule has 1 atom stereocenters. The molecular formula is C32H43ClFNO2. The van der Waals surface area contributed by atoms with E-state index in [1.807, 2.05) is 32.0 Å². The van der Waals surface area contributed by atoms with Crippen LogP contribution in [0, 0.1) is 24.6 Å². The highest BCUT2D eigenvalue weighted by Gasteiger charge is 2.19. The molecule has 0 saturated carbocycles. The Bertz CT molecular complexity index is 1120. The van der Waals surface area contributed by atoms with E-state index in [1.165, 1.54) is 18.9 Å². The third-order valence-electron chi connectivity index (χ3n) is 6.33. The summed E-state index contributed by atoms with van der Waals surface area (Å²) in [6.45, 7) is 19.2. The Morgan fingerprint density at radius 1 is 1.19 bits per heavy atom. The van der Waals surface area contributed by atoms with Crippen molar-refractivity contribution in [1.82, 2.24) is 4.90 Å². The molecule has 202 valence electrons. The molecule has 3 rings (SSSR count). The van der Waals surface area contributed by atoms with E-state index < -0.39 is 5.82 Å². The van der Waals surface area contributed by atoms with E-state index in [2.05, 4.69) is 39.3 Å². The van der Waals surface area contributed by atoms with Gasteiger partial charge in [0.25, 0.3) is 0 Å². The summed E-state index contributed by atoms with van der Waals surface area (Å²) in [4.78, 5) is 14.5. The number of Topliss-reactive ketones (excluding diaryl/α,β-unsaturated/α-hetero) is 1. The Labute approximate surface area is 228 Å². The second-order valence-corrected chi connectivity index (χ2v) is 11.3. The number of likely N-dealkylation sites (tertiary alicyclic amines) is 1. The number of benzene rings is 2. The number of rotatable bonds is 8. The molecule has 0 spiro atoms. The van der Waals surface area contributed by atoms with Crippen molar-refractivity contribution in [2.45, 2.75) is 60.8 Å². The van der Waals surface area contributed by atoms with E-state index in [9.17, 15) is 9.18 Å². The average molecular weight is 528 g/mol. The van der Waals surface area contributed by atoms with Gasteiger partial charge in [-0.05, 0) is 111 Å². The number of aryl methyl sites for hydroxylation is 1. The Balaban J connectivity index is 0.00000112. The van der Waals surface area contributed by atoms with Crippen molar-refractivity contribution in [3.05, 3.63) is 76.1 Å². The first-order chi connectivity index (χ1) is 17.4. The molecule has 0 aromatic heterocycles. The highest BCUT2D eigenvalue weighted by molar-refractivity contribution is 6.31. The molecule has 37 heavy (non-hydrogen) atoms. The summed E-state index contributed by atoms with van der Waals surface area (Å²) in [5.74, 6) is 1.74. The molecule has 0 amide bonds. The zero-order valence-corrected chi connectivity index (χ0v) is 24.3. The van der Waals surface area contributed by atoms with Crippen LogP contribution < -0.4 is 4.74 Å². The van der Waals surface area contributed by atoms with Crippen LogP contribution in [0.4, 0.5) is 4.39 Å². The van der Waals surface area contributed by atoms with Gasteiger partial charge in [0.1, 0.15) is 17.3 Å². The lowest BCUT2D eigenvalue weighted by molar-refractivity contribution is -0.116. The third kappa shape index (κ3) is 9.75. The zero-order valence-electron chi connectivity index (χ0n) is 23.6. The van der Waals surface area contributed by atoms with E-state index in [0.29, 0.717) is 23.7 Å². The summed E-state index contributed by atoms with van der Waals surface area (Å²) in [5, 5.41) is 0.0356. The quantitative estimate of drug-likeness (QED) is 0.322. The number of piperidine rings is 1. The minimum absolute atomic E-state index is 0.0326. The lowest BCUT2D eigenvalue weighted by atomic mass is 9.88. The van der Waals surface area contributed by atoms with E-state index in [1.54, 1.807) is 19.1 Å². The molecule has 0 N–H and O–H groups in total. The van der Waals surface area contributed by atoms with Gasteiger partial charge in [0.05, 0.1) is 11.6 Å². The predicted molar refractivity (Wildman–Crippen MR) is 156 cm³/mol. The normalized spacial score (nSPS) is 16.5. The standard InChI is InChI=1S/C28H33ClFNO2.C4H10/c1-18-8-10-24(33-17-22-7-6-12-31(5)16-22)15-25(18)21(4)26(13-19(2)32)20(3)23-9-11-28(30)27(29)14-23;1-4(2)3/h8-11,14-15,22H,3,6-7,12-13,16-17H2,1-2,4-5H3;4H,1-3H3/b26-21-;. The SMILES string of the molecule is C=C(/C(CC(C)=O)=C(/C)c1cc(OCC2CCCN(C)C2)ccc1C)c1ccc(F)c(Cl)c1.CC(C)C. The fraction of sp³-hybridized carbons (Fsp3) is 0.469. The minimum atomic E-state index is -0.480. The van der Waals surface area contributed by atoms with Crippen LogP contribution in [-0.4, -0.2) is 37.4 Å². The molecule has 1 aliphatic heterocycles. The number of nitrogens with zero attached hydrogens (tertiary/aromatic N) is 1. The maximum atomic E-state index is 13.7. The second-order valence-electron chi connectivity index (χ2n) is 10.9. The summed E-state index contributed by atoms with van der Waals surface area (Å²) in [6.07, 6.45) is 2.62. The van der Waals surface area contributed by atoms with Crippen molar-refractivity contribution >= 4 is 28.5 Å². The molecule has 5 heteroatoms. The van der Waals surface area contributed by atoms with Crippen LogP contribution in [0.1, 0.15) is 70.6 Å². The minimum Gasteiger partial charge on any atom is -0.493 e. The molecule has 1 heterocycles. The monoisotopic (exact) mass is 527 g/mol. The van der Waals surface area contributed by atoms with Crippen LogP contribution in [0.3, 0.4) is 0 Å². The zero-order chi connectivity index (χ0) is 27.7. The fourth-order valence-corrected chi connectivity index (χ4v) is 4.63. The van der Waals surface area contributed by atoms with Gasteiger partial charge in [0.15, 0.2) is 0 Å². The van der Waals surface area contributed by atoms with Gasteiger partial charge in [-0.3, -0.25) is 4.79 Å². The second kappa shape index (κ2) is 14.5. The Kier molecular flexibility index (Phi) is 12.1. The molecular weight excluding hydrogens is 485 g/mol. The summed E-state index contributed by atoms with van der Waals surface area (Å²) in [5.41, 5.74) is 5.24. The van der Waals surface area contributed by atoms with Crippen molar-refractivity contribution in [2.24, 2.45) is 11.8 Å². The Morgan fingerprint density at radius 2 is 1.86 bits per heavy atom. The first kappa shape index (κ1) is 30.8. The maximum Gasteiger partial charge on any atom is 0.141 e. The highest BCUT2D eigenvalue weighted by atomic mass is 35.5. The van der Waals surface area contributed by atoms with Crippen molar-refractivity contribution in [2.75, 3.05) is 26.7 Å². The van der Waals surface area contributed by atoms with Gasteiger partial charge in [-0.2, -0.15) is 0 Å². The Morgan fingerprint density at radius 3 is 2.46 bits per heavy atom. The number of hydrogen-bond donors (Lipinski definition) is 0. The largest absolute Gasteiger partial charge is 0.493 e. The first-order valence-electron chi connectivity index (χ1n) is 13.1. The highest BCUT2D eigenvalue weighted by Crippen LogP contribution is 2.35. The average Bonchev–Trinajstić information content (AvgIpc) is 2.82. The summed E-state index contributed by atoms with van der Waals surface area (Å²) >= 11 is 6.00. The lowest BCUT2D eigenvalue weighted by Gasteiger charge is -2.29. The van der Waals surface area contributed by atoms with Gasteiger partial charge in [-0.15, -0.1) is 0 Å². The summed E-state index contributed by atoms with van der Waals surface area (Å²) in [7, 11) is 2.15. The van der Waals surface area contributed by atoms with E-state index in [4.69, 9.17) is 16.3 Å². The molecule has 2 aromatic rings. The van der Waals surface area contributed by atoms with E-state index >= 15 is 0 Å². The molecule has 3 nitrogen and oxygen atoms in total. The number of allylic oxidation sites excluding steroid dienone is 3. The molecule has 1 fully saturated rings. The third-order valence-corrected chi connectivity index (χ3v) is 6.62. The van der Waals surface area contributed by atoms with Crippen LogP contribution >= 0.6 is 11.6 Å². The van der Waals surface area contributed by atoms with Crippen molar-refractivity contribution in [3.63, 3.8) is 0 Å². The predicted octanol–water partition coefficient (Wildman–Crippen LogP) is 8.64. The van der Waals surface area contributed by atoms with Crippen LogP contribution in [-0.2, 0) is 4.79 Å². The molecule has 1 aliphatic rings. The van der Waals surface area contributed by atoms with Gasteiger partial charge < -0.3 is 9.64 Å². The number of ether oxygens (including phenoxy) is 1. The first-order valence-corrected chi connectivity index (χ1v) is 13.5.